The average molecular weight is 757 g/mol. The zero-order valence-corrected chi connectivity index (χ0v) is 30.6. The number of fused-ring (bicyclic) bond motifs is 7. The van der Waals surface area contributed by atoms with Gasteiger partial charge in [0, 0.05) is 49.1 Å². The Morgan fingerprint density at radius 1 is 0.407 bits per heavy atom. The van der Waals surface area contributed by atoms with Crippen LogP contribution < -0.4 is 0 Å². The lowest BCUT2D eigenvalue weighted by Gasteiger charge is -2.12. The normalized spacial score (nSPS) is 12.8. The Morgan fingerprint density at radius 3 is 1.50 bits per heavy atom. The van der Waals surface area contributed by atoms with Gasteiger partial charge in [-0.3, -0.25) is 4.57 Å². The van der Waals surface area contributed by atoms with Gasteiger partial charge in [0.1, 0.15) is 0 Å². The van der Waals surface area contributed by atoms with Crippen molar-refractivity contribution >= 4 is 65.2 Å². The van der Waals surface area contributed by atoms with Crippen LogP contribution in [0.3, 0.4) is 0 Å². The van der Waals surface area contributed by atoms with Gasteiger partial charge in [0.05, 0.1) is 27.8 Å². The molecule has 0 amide bonds. The van der Waals surface area contributed by atoms with Crippen LogP contribution >= 0.6 is 15.9 Å². The summed E-state index contributed by atoms with van der Waals surface area (Å²) in [6, 6.07) is 59.9. The van der Waals surface area contributed by atoms with Gasteiger partial charge in [0.25, 0.3) is 0 Å². The maximum Gasteiger partial charge on any atom is 0.238 e. The van der Waals surface area contributed by atoms with Crippen LogP contribution in [0, 0.1) is 0 Å². The fourth-order valence-corrected chi connectivity index (χ4v) is 8.90. The number of benzene rings is 7. The standard InChI is InChI=1S/C48H30BrN5/c49-40-29-34-17-7-8-18-35(34)45(40)53-41-21-11-9-19-36(41)38-27-32(23-25-43(38)53)33-24-26-44-39(28-33)37-20-10-12-22-42(37)54(44)48-51-46(30-13-3-1-4-14-30)50-47(52-48)31-15-5-2-6-16-31/h1-28H,29H2. The monoisotopic (exact) mass is 755 g/mol. The topological polar surface area (TPSA) is 48.5 Å². The molecule has 1 aliphatic rings. The highest BCUT2D eigenvalue weighted by Gasteiger charge is 2.25. The Kier molecular flexibility index (Phi) is 7.00. The van der Waals surface area contributed by atoms with E-state index in [1.807, 2.05) is 60.7 Å². The molecule has 3 heterocycles. The SMILES string of the molecule is BrC1=C(n2c3ccccc3c3cc(-c4ccc5c(c4)c4ccccc4n5-c4nc(-c5ccccc5)nc(-c5ccccc5)n4)ccc32)c2ccccc2C1. The zero-order chi connectivity index (χ0) is 35.8. The minimum absolute atomic E-state index is 0.588. The molecule has 5 nitrogen and oxygen atoms in total. The van der Waals surface area contributed by atoms with Crippen LogP contribution in [0.25, 0.3) is 89.2 Å². The van der Waals surface area contributed by atoms with E-state index in [1.165, 1.54) is 48.7 Å². The van der Waals surface area contributed by atoms with Crippen LogP contribution in [-0.2, 0) is 6.42 Å². The van der Waals surface area contributed by atoms with Crippen LogP contribution in [0.4, 0.5) is 0 Å². The van der Waals surface area contributed by atoms with Gasteiger partial charge in [0.2, 0.25) is 5.95 Å². The van der Waals surface area contributed by atoms with Crippen molar-refractivity contribution in [3.63, 3.8) is 0 Å². The smallest absolute Gasteiger partial charge is 0.238 e. The highest BCUT2D eigenvalue weighted by atomic mass is 79.9. The van der Waals surface area contributed by atoms with E-state index in [2.05, 4.69) is 134 Å². The molecule has 0 saturated carbocycles. The van der Waals surface area contributed by atoms with E-state index in [4.69, 9.17) is 15.0 Å². The third kappa shape index (κ3) is 4.80. The minimum Gasteiger partial charge on any atom is -0.308 e. The summed E-state index contributed by atoms with van der Waals surface area (Å²) in [6.45, 7) is 0. The molecule has 0 spiro atoms. The number of aromatic nitrogens is 5. The first kappa shape index (κ1) is 30.9. The molecule has 254 valence electrons. The van der Waals surface area contributed by atoms with E-state index in [-0.39, 0.29) is 0 Å². The minimum atomic E-state index is 0.588. The van der Waals surface area contributed by atoms with Crippen molar-refractivity contribution in [2.24, 2.45) is 0 Å². The maximum absolute atomic E-state index is 5.10. The van der Waals surface area contributed by atoms with Crippen LogP contribution in [-0.4, -0.2) is 24.1 Å². The molecule has 7 aromatic carbocycles. The van der Waals surface area contributed by atoms with Gasteiger partial charge in [-0.05, 0) is 53.1 Å². The molecule has 0 saturated heterocycles. The van der Waals surface area contributed by atoms with Gasteiger partial charge in [-0.1, -0.05) is 149 Å². The molecule has 0 radical (unpaired) electrons. The fourth-order valence-electron chi connectivity index (χ4n) is 8.20. The van der Waals surface area contributed by atoms with Crippen molar-refractivity contribution in [1.29, 1.82) is 0 Å². The van der Waals surface area contributed by atoms with Crippen molar-refractivity contribution in [3.05, 3.63) is 185 Å². The number of hydrogen-bond acceptors (Lipinski definition) is 3. The summed E-state index contributed by atoms with van der Waals surface area (Å²) in [5.41, 5.74) is 12.5. The third-order valence-corrected chi connectivity index (χ3v) is 11.3. The molecule has 6 heteroatoms. The molecule has 0 unspecified atom stereocenters. The second-order valence-corrected chi connectivity index (χ2v) is 14.7. The Morgan fingerprint density at radius 2 is 0.889 bits per heavy atom. The molecule has 54 heavy (non-hydrogen) atoms. The van der Waals surface area contributed by atoms with Crippen LogP contribution in [0.5, 0.6) is 0 Å². The molecule has 0 bridgehead atoms. The van der Waals surface area contributed by atoms with Gasteiger partial charge in [0.15, 0.2) is 11.6 Å². The quantitative estimate of drug-likeness (QED) is 0.176. The second kappa shape index (κ2) is 12.2. The molecule has 1 aliphatic carbocycles. The summed E-state index contributed by atoms with van der Waals surface area (Å²) in [5, 5.41) is 4.76. The average Bonchev–Trinajstić information content (AvgIpc) is 3.86. The molecule has 0 aliphatic heterocycles. The Hall–Kier alpha value is -6.63. The summed E-state index contributed by atoms with van der Waals surface area (Å²) >= 11 is 3.97. The van der Waals surface area contributed by atoms with E-state index in [9.17, 15) is 0 Å². The van der Waals surface area contributed by atoms with Gasteiger partial charge in [-0.15, -0.1) is 0 Å². The van der Waals surface area contributed by atoms with E-state index in [0.29, 0.717) is 17.6 Å². The van der Waals surface area contributed by atoms with Crippen molar-refractivity contribution in [2.75, 3.05) is 0 Å². The second-order valence-electron chi connectivity index (χ2n) is 13.8. The molecule has 11 rings (SSSR count). The summed E-state index contributed by atoms with van der Waals surface area (Å²) in [5.74, 6) is 1.86. The number of rotatable bonds is 5. The van der Waals surface area contributed by atoms with Crippen LogP contribution in [0.15, 0.2) is 174 Å². The Balaban J connectivity index is 1.10. The van der Waals surface area contributed by atoms with Gasteiger partial charge >= 0.3 is 0 Å². The van der Waals surface area contributed by atoms with Crippen molar-refractivity contribution < 1.29 is 0 Å². The number of hydrogen-bond donors (Lipinski definition) is 0. The Labute approximate surface area is 319 Å². The number of allylic oxidation sites excluding steroid dienone is 1. The van der Waals surface area contributed by atoms with Crippen LogP contribution in [0.1, 0.15) is 11.1 Å². The number of halogens is 1. The van der Waals surface area contributed by atoms with Crippen LogP contribution in [0.2, 0.25) is 0 Å². The maximum atomic E-state index is 5.10. The summed E-state index contributed by atoms with van der Waals surface area (Å²) in [4.78, 5) is 15.1. The highest BCUT2D eigenvalue weighted by molar-refractivity contribution is 9.11. The lowest BCUT2D eigenvalue weighted by molar-refractivity contribution is 0.953. The first-order valence-corrected chi connectivity index (χ1v) is 18.9. The first-order chi connectivity index (χ1) is 26.7. The number of nitrogens with zero attached hydrogens (tertiary/aromatic N) is 5. The van der Waals surface area contributed by atoms with Crippen molar-refractivity contribution in [1.82, 2.24) is 24.1 Å². The summed E-state index contributed by atoms with van der Waals surface area (Å²) in [6.07, 6.45) is 0.900. The van der Waals surface area contributed by atoms with Gasteiger partial charge in [-0.25, -0.2) is 4.98 Å². The zero-order valence-electron chi connectivity index (χ0n) is 29.0. The molecular weight excluding hydrogens is 726 g/mol. The summed E-state index contributed by atoms with van der Waals surface area (Å²) in [7, 11) is 0. The Bertz CT molecular complexity index is 3080. The predicted octanol–water partition coefficient (Wildman–Crippen LogP) is 12.2. The number of para-hydroxylation sites is 2. The van der Waals surface area contributed by atoms with Crippen molar-refractivity contribution in [2.45, 2.75) is 6.42 Å². The molecule has 0 N–H and O–H groups in total. The molecule has 10 aromatic rings. The lowest BCUT2D eigenvalue weighted by Crippen LogP contribution is -2.06. The summed E-state index contributed by atoms with van der Waals surface area (Å²) < 4.78 is 5.82. The van der Waals surface area contributed by atoms with Crippen molar-refractivity contribution in [3.8, 4) is 39.9 Å². The highest BCUT2D eigenvalue weighted by Crippen LogP contribution is 2.43. The third-order valence-electron chi connectivity index (χ3n) is 10.7. The fraction of sp³-hybridized carbons (Fsp3) is 0.0208. The largest absolute Gasteiger partial charge is 0.308 e. The molecule has 3 aromatic heterocycles. The predicted molar refractivity (Wildman–Crippen MR) is 225 cm³/mol. The van der Waals surface area contributed by atoms with Gasteiger partial charge < -0.3 is 4.57 Å². The first-order valence-electron chi connectivity index (χ1n) is 18.1. The van der Waals surface area contributed by atoms with E-state index < -0.39 is 0 Å². The molecule has 0 fully saturated rings. The molecular formula is C48H30BrN5. The van der Waals surface area contributed by atoms with E-state index in [1.54, 1.807) is 0 Å². The molecule has 0 atom stereocenters. The van der Waals surface area contributed by atoms with E-state index >= 15 is 0 Å². The lowest BCUT2D eigenvalue weighted by atomic mass is 10.0. The van der Waals surface area contributed by atoms with E-state index in [0.717, 1.165) is 44.9 Å². The van der Waals surface area contributed by atoms with Gasteiger partial charge in [-0.2, -0.15) is 9.97 Å².